The molecule has 2 nitrogen and oxygen atoms in total. The Morgan fingerprint density at radius 2 is 1.29 bits per heavy atom. The third-order valence-corrected chi connectivity index (χ3v) is 12.7. The molecule has 134 valence electrons. The highest BCUT2D eigenvalue weighted by atomic mass is 32.2. The molecule has 0 amide bonds. The van der Waals surface area contributed by atoms with Gasteiger partial charge in [0.25, 0.3) is 0 Å². The largest absolute Gasteiger partial charge is 0.282 e. The summed E-state index contributed by atoms with van der Waals surface area (Å²) in [5.41, 5.74) is 0. The Kier molecular flexibility index (Phi) is 10.3. The molecule has 2 saturated heterocycles. The second kappa shape index (κ2) is 11.6. The van der Waals surface area contributed by atoms with Crippen molar-refractivity contribution in [3.8, 4) is 0 Å². The second-order valence-corrected chi connectivity index (χ2v) is 13.4. The monoisotopic (exact) mass is 438 g/mol. The first kappa shape index (κ1) is 21.2. The Bertz CT molecular complexity index is 427. The lowest BCUT2D eigenvalue weighted by atomic mass is 10.4. The normalized spacial score (nSPS) is 29.5. The van der Waals surface area contributed by atoms with Crippen molar-refractivity contribution in [2.45, 2.75) is 32.5 Å². The maximum atomic E-state index is 11.3. The fourth-order valence-corrected chi connectivity index (χ4v) is 11.0. The van der Waals surface area contributed by atoms with Crippen LogP contribution in [0.2, 0.25) is 0 Å². The van der Waals surface area contributed by atoms with Crippen molar-refractivity contribution < 1.29 is 9.59 Å². The number of thioether (sulfide) groups is 6. The van der Waals surface area contributed by atoms with Gasteiger partial charge in [0.2, 0.25) is 10.2 Å². The van der Waals surface area contributed by atoms with Gasteiger partial charge in [0.1, 0.15) is 0 Å². The molecule has 0 aromatic heterocycles. The Balaban J connectivity index is 1.58. The van der Waals surface area contributed by atoms with Crippen LogP contribution in [-0.4, -0.2) is 52.9 Å². The topological polar surface area (TPSA) is 34.1 Å². The maximum absolute atomic E-state index is 11.3. The molecular formula is C16H22O2S6. The molecule has 0 radical (unpaired) electrons. The van der Waals surface area contributed by atoms with Crippen LogP contribution in [0.25, 0.3) is 0 Å². The van der Waals surface area contributed by atoms with Gasteiger partial charge in [0, 0.05) is 33.5 Å². The van der Waals surface area contributed by atoms with Crippen LogP contribution in [-0.2, 0) is 9.59 Å². The zero-order valence-corrected chi connectivity index (χ0v) is 18.3. The first-order valence-electron chi connectivity index (χ1n) is 7.73. The van der Waals surface area contributed by atoms with E-state index in [1.807, 2.05) is 47.0 Å². The molecule has 2 fully saturated rings. The van der Waals surface area contributed by atoms with Crippen LogP contribution in [0.3, 0.4) is 0 Å². The minimum absolute atomic E-state index is 0.0849. The van der Waals surface area contributed by atoms with Gasteiger partial charge in [0.05, 0.1) is 9.16 Å². The van der Waals surface area contributed by atoms with E-state index in [-0.39, 0.29) is 10.2 Å². The van der Waals surface area contributed by atoms with Gasteiger partial charge in [-0.15, -0.1) is 47.0 Å². The van der Waals surface area contributed by atoms with Crippen molar-refractivity contribution in [2.24, 2.45) is 0 Å². The smallest absolute Gasteiger partial charge is 0.211 e. The van der Waals surface area contributed by atoms with Gasteiger partial charge in [-0.2, -0.15) is 0 Å². The minimum Gasteiger partial charge on any atom is -0.282 e. The van der Waals surface area contributed by atoms with Crippen LogP contribution in [0.15, 0.2) is 25.3 Å². The highest BCUT2D eigenvalue weighted by Crippen LogP contribution is 2.46. The van der Waals surface area contributed by atoms with E-state index >= 15 is 0 Å². The number of rotatable bonds is 9. The predicted octanol–water partition coefficient (Wildman–Crippen LogP) is 5.01. The van der Waals surface area contributed by atoms with E-state index in [1.54, 1.807) is 0 Å². The molecular weight excluding hydrogens is 417 g/mol. The Hall–Kier alpha value is 0.920. The Morgan fingerprint density at radius 1 is 0.875 bits per heavy atom. The quantitative estimate of drug-likeness (QED) is 0.465. The van der Waals surface area contributed by atoms with Crippen LogP contribution >= 0.6 is 70.6 Å². The molecule has 0 aromatic carbocycles. The molecule has 0 N–H and O–H groups in total. The lowest BCUT2D eigenvalue weighted by Gasteiger charge is -2.13. The van der Waals surface area contributed by atoms with Crippen LogP contribution < -0.4 is 0 Å². The summed E-state index contributed by atoms with van der Waals surface area (Å²) in [5.74, 6) is 4.12. The van der Waals surface area contributed by atoms with E-state index in [0.29, 0.717) is 19.7 Å². The Labute approximate surface area is 170 Å². The third kappa shape index (κ3) is 7.66. The molecule has 8 heteroatoms. The molecule has 2 aliphatic heterocycles. The Morgan fingerprint density at radius 3 is 1.67 bits per heavy atom. The van der Waals surface area contributed by atoms with E-state index in [9.17, 15) is 9.59 Å². The summed E-state index contributed by atoms with van der Waals surface area (Å²) in [6.45, 7) is 7.03. The van der Waals surface area contributed by atoms with E-state index in [2.05, 4.69) is 13.2 Å². The predicted molar refractivity (Wildman–Crippen MR) is 120 cm³/mol. The highest BCUT2D eigenvalue weighted by Gasteiger charge is 2.30. The van der Waals surface area contributed by atoms with Crippen molar-refractivity contribution in [3.63, 3.8) is 0 Å². The molecule has 4 unspecified atom stereocenters. The molecule has 0 spiro atoms. The molecule has 4 atom stereocenters. The summed E-state index contributed by atoms with van der Waals surface area (Å²) in [6.07, 6.45) is 5.28. The van der Waals surface area contributed by atoms with Crippen molar-refractivity contribution in [3.05, 3.63) is 25.3 Å². The van der Waals surface area contributed by atoms with Crippen LogP contribution in [0.4, 0.5) is 0 Å². The van der Waals surface area contributed by atoms with Gasteiger partial charge in [-0.25, -0.2) is 0 Å². The average molecular weight is 439 g/mol. The van der Waals surface area contributed by atoms with Crippen molar-refractivity contribution in [2.75, 3.05) is 23.0 Å². The zero-order valence-electron chi connectivity index (χ0n) is 13.4. The molecule has 2 aliphatic rings. The third-order valence-electron chi connectivity index (χ3n) is 3.42. The van der Waals surface area contributed by atoms with Crippen LogP contribution in [0.5, 0.6) is 0 Å². The number of carbonyl (C=O) groups is 2. The standard InChI is InChI=1S/C16H22O2S6/c1-3-13(17)19-7-11-9-21-15(23-11)5-6-16-22-10-12(24-16)8-20-14(18)4-2/h3-4,11-12,15-16H,1-2,5-10H2. The fraction of sp³-hybridized carbons (Fsp3) is 0.625. The number of carbonyl (C=O) groups excluding carboxylic acids is 2. The molecule has 0 aromatic rings. The number of hydrogen-bond donors (Lipinski definition) is 0. The fourth-order valence-electron chi connectivity index (χ4n) is 2.23. The molecule has 24 heavy (non-hydrogen) atoms. The van der Waals surface area contributed by atoms with E-state index in [0.717, 1.165) is 23.0 Å². The first-order chi connectivity index (χ1) is 11.6. The van der Waals surface area contributed by atoms with Crippen LogP contribution in [0, 0.1) is 0 Å². The summed E-state index contributed by atoms with van der Waals surface area (Å²) in [4.78, 5) is 22.6. The van der Waals surface area contributed by atoms with Gasteiger partial charge < -0.3 is 0 Å². The molecule has 0 saturated carbocycles. The summed E-state index contributed by atoms with van der Waals surface area (Å²) in [7, 11) is 0. The van der Waals surface area contributed by atoms with E-state index < -0.39 is 0 Å². The maximum Gasteiger partial charge on any atom is 0.211 e. The van der Waals surface area contributed by atoms with Crippen molar-refractivity contribution >= 4 is 80.8 Å². The summed E-state index contributed by atoms with van der Waals surface area (Å²) < 4.78 is 1.35. The lowest BCUT2D eigenvalue weighted by molar-refractivity contribution is -0.107. The summed E-state index contributed by atoms with van der Waals surface area (Å²) >= 11 is 11.0. The number of hydrogen-bond acceptors (Lipinski definition) is 8. The second-order valence-electron chi connectivity index (χ2n) is 5.29. The minimum atomic E-state index is 0.0849. The average Bonchev–Trinajstić information content (AvgIpc) is 3.24. The van der Waals surface area contributed by atoms with Crippen LogP contribution in [0.1, 0.15) is 12.8 Å². The molecule has 2 heterocycles. The van der Waals surface area contributed by atoms with E-state index in [1.165, 1.54) is 48.5 Å². The molecule has 0 bridgehead atoms. The summed E-state index contributed by atoms with van der Waals surface area (Å²) in [5, 5.41) is 1.35. The molecule has 2 rings (SSSR count). The zero-order chi connectivity index (χ0) is 17.4. The van der Waals surface area contributed by atoms with Gasteiger partial charge in [0.15, 0.2) is 0 Å². The SMILES string of the molecule is C=CC(=O)SCC1CSC(CCC2SCC(CSC(=O)C=C)S2)S1. The van der Waals surface area contributed by atoms with Gasteiger partial charge in [-0.1, -0.05) is 36.7 Å². The summed E-state index contributed by atoms with van der Waals surface area (Å²) in [6, 6.07) is 0. The first-order valence-corrected chi connectivity index (χ1v) is 13.7. The van der Waals surface area contributed by atoms with Gasteiger partial charge in [-0.05, 0) is 25.0 Å². The van der Waals surface area contributed by atoms with Gasteiger partial charge >= 0.3 is 0 Å². The van der Waals surface area contributed by atoms with Crippen molar-refractivity contribution in [1.82, 2.24) is 0 Å². The highest BCUT2D eigenvalue weighted by molar-refractivity contribution is 8.22. The molecule has 0 aliphatic carbocycles. The van der Waals surface area contributed by atoms with Gasteiger partial charge in [-0.3, -0.25) is 9.59 Å². The lowest BCUT2D eigenvalue weighted by Crippen LogP contribution is -2.07. The van der Waals surface area contributed by atoms with E-state index in [4.69, 9.17) is 0 Å². The van der Waals surface area contributed by atoms with Crippen molar-refractivity contribution in [1.29, 1.82) is 0 Å².